The van der Waals surface area contributed by atoms with Gasteiger partial charge in [-0.05, 0) is 96.2 Å². The van der Waals surface area contributed by atoms with E-state index in [1.165, 1.54) is 5.56 Å². The van der Waals surface area contributed by atoms with E-state index < -0.39 is 0 Å². The van der Waals surface area contributed by atoms with Crippen molar-refractivity contribution in [2.75, 3.05) is 30.1 Å². The number of carbonyl (C=O) groups is 3. The molecule has 0 radical (unpaired) electrons. The molecule has 55 heavy (non-hydrogen) atoms. The highest BCUT2D eigenvalue weighted by atomic mass is 16.5. The highest BCUT2D eigenvalue weighted by Gasteiger charge is 2.38. The molecule has 9 nitrogen and oxygen atoms in total. The summed E-state index contributed by atoms with van der Waals surface area (Å²) in [4.78, 5) is 49.3. The van der Waals surface area contributed by atoms with Crippen LogP contribution in [0.2, 0.25) is 0 Å². The number of methoxy groups -OCH3 is 1. The highest BCUT2D eigenvalue weighted by molar-refractivity contribution is 6.15. The van der Waals surface area contributed by atoms with E-state index in [-0.39, 0.29) is 35.1 Å². The second-order valence-electron chi connectivity index (χ2n) is 16.5. The average molecular weight is 740 g/mol. The second-order valence-corrected chi connectivity index (χ2v) is 16.5. The number of Topliss-reactive ketones (excluding diaryl/α,β-unsaturated/α-hetero) is 1. The van der Waals surface area contributed by atoms with Crippen molar-refractivity contribution in [1.29, 1.82) is 0 Å². The molecule has 0 saturated heterocycles. The third kappa shape index (κ3) is 7.24. The summed E-state index contributed by atoms with van der Waals surface area (Å²) in [6, 6.07) is 21.7. The molecular formula is C46H49N3O6. The Hall–Kier alpha value is -5.44. The first kappa shape index (κ1) is 36.5. The predicted molar refractivity (Wildman–Crippen MR) is 215 cm³/mol. The van der Waals surface area contributed by atoms with Crippen LogP contribution in [0.1, 0.15) is 95.0 Å². The number of ketones is 1. The molecule has 4 aromatic rings. The van der Waals surface area contributed by atoms with E-state index in [1.807, 2.05) is 77.5 Å². The number of hydrogen-bond donors (Lipinski definition) is 0. The first-order valence-electron chi connectivity index (χ1n) is 19.5. The van der Waals surface area contributed by atoms with E-state index in [1.54, 1.807) is 7.11 Å². The fraction of sp³-hybridized carbons (Fsp3) is 0.391. The number of carbonyl (C=O) groups excluding carboxylic acids is 3. The normalized spacial score (nSPS) is 18.1. The summed E-state index contributed by atoms with van der Waals surface area (Å²) in [5.74, 6) is 1.95. The summed E-state index contributed by atoms with van der Waals surface area (Å²) < 4.78 is 18.1. The number of para-hydroxylation sites is 1. The van der Waals surface area contributed by atoms with Crippen molar-refractivity contribution in [3.8, 4) is 17.2 Å². The SMILES string of the molecule is COc1cc2c(cc1OCCCOc1cc3c(cc1C)C(=O)N1c4cc(CC(=O)CCC(C)(C)C)ccc4C[C@H]1C=N3)CC[C@@H]1Cc3ccccc3N1C2=O. The number of rotatable bonds is 11. The number of benzene rings is 4. The summed E-state index contributed by atoms with van der Waals surface area (Å²) >= 11 is 0. The summed E-state index contributed by atoms with van der Waals surface area (Å²) in [6.07, 6.45) is 7.45. The van der Waals surface area contributed by atoms with Gasteiger partial charge in [0.1, 0.15) is 11.5 Å². The minimum Gasteiger partial charge on any atom is -0.493 e. The number of fused-ring (bicyclic) bond motifs is 8. The van der Waals surface area contributed by atoms with Gasteiger partial charge in [-0.15, -0.1) is 0 Å². The molecule has 4 aliphatic rings. The fourth-order valence-corrected chi connectivity index (χ4v) is 8.35. The van der Waals surface area contributed by atoms with Gasteiger partial charge in [0.25, 0.3) is 11.8 Å². The van der Waals surface area contributed by atoms with Crippen molar-refractivity contribution < 1.29 is 28.6 Å². The Balaban J connectivity index is 0.900. The van der Waals surface area contributed by atoms with E-state index in [4.69, 9.17) is 19.2 Å². The van der Waals surface area contributed by atoms with Crippen molar-refractivity contribution in [1.82, 2.24) is 0 Å². The van der Waals surface area contributed by atoms with Crippen LogP contribution in [0, 0.1) is 12.3 Å². The Morgan fingerprint density at radius 3 is 2.38 bits per heavy atom. The molecule has 8 rings (SSSR count). The lowest BCUT2D eigenvalue weighted by Gasteiger charge is -2.23. The molecule has 0 spiro atoms. The zero-order chi connectivity index (χ0) is 38.4. The number of ether oxygens (including phenoxy) is 3. The van der Waals surface area contributed by atoms with Crippen LogP contribution in [0.5, 0.6) is 17.2 Å². The fourth-order valence-electron chi connectivity index (χ4n) is 8.35. The van der Waals surface area contributed by atoms with Crippen LogP contribution in [0.25, 0.3) is 0 Å². The zero-order valence-electron chi connectivity index (χ0n) is 32.4. The van der Waals surface area contributed by atoms with Gasteiger partial charge >= 0.3 is 0 Å². The molecule has 2 amide bonds. The van der Waals surface area contributed by atoms with Crippen LogP contribution < -0.4 is 24.0 Å². The van der Waals surface area contributed by atoms with Crippen LogP contribution in [-0.4, -0.2) is 56.2 Å². The van der Waals surface area contributed by atoms with E-state index in [0.29, 0.717) is 73.0 Å². The first-order chi connectivity index (χ1) is 26.5. The van der Waals surface area contributed by atoms with E-state index in [9.17, 15) is 14.4 Å². The van der Waals surface area contributed by atoms with Crippen molar-refractivity contribution >= 4 is 40.9 Å². The van der Waals surface area contributed by atoms with E-state index >= 15 is 0 Å². The molecule has 0 fully saturated rings. The maximum atomic E-state index is 14.1. The molecule has 0 saturated carbocycles. The molecule has 0 unspecified atom stereocenters. The average Bonchev–Trinajstić information content (AvgIpc) is 3.64. The second kappa shape index (κ2) is 14.7. The van der Waals surface area contributed by atoms with Gasteiger partial charge in [0, 0.05) is 60.9 Å². The van der Waals surface area contributed by atoms with Gasteiger partial charge in [-0.25, -0.2) is 0 Å². The van der Waals surface area contributed by atoms with Gasteiger partial charge in [-0.2, -0.15) is 0 Å². The zero-order valence-corrected chi connectivity index (χ0v) is 32.4. The Morgan fingerprint density at radius 1 is 0.818 bits per heavy atom. The number of aliphatic imine (C=N–C) groups is 1. The van der Waals surface area contributed by atoms with Crippen LogP contribution in [0.15, 0.2) is 71.7 Å². The van der Waals surface area contributed by atoms with Gasteiger partial charge in [-0.3, -0.25) is 24.3 Å². The molecular weight excluding hydrogens is 691 g/mol. The predicted octanol–water partition coefficient (Wildman–Crippen LogP) is 8.59. The quantitative estimate of drug-likeness (QED) is 0.143. The van der Waals surface area contributed by atoms with Gasteiger partial charge in [0.15, 0.2) is 11.5 Å². The van der Waals surface area contributed by atoms with Crippen LogP contribution >= 0.6 is 0 Å². The van der Waals surface area contributed by atoms with Gasteiger partial charge in [-0.1, -0.05) is 51.1 Å². The van der Waals surface area contributed by atoms with Gasteiger partial charge in [0.05, 0.1) is 37.6 Å². The minimum absolute atomic E-state index is 0.0115. The molecule has 284 valence electrons. The third-order valence-electron chi connectivity index (χ3n) is 11.3. The summed E-state index contributed by atoms with van der Waals surface area (Å²) in [6.45, 7) is 9.18. The molecule has 4 aliphatic heterocycles. The number of nitrogens with zero attached hydrogens (tertiary/aromatic N) is 3. The minimum atomic E-state index is -0.194. The maximum Gasteiger partial charge on any atom is 0.261 e. The molecule has 0 aromatic heterocycles. The largest absolute Gasteiger partial charge is 0.493 e. The molecule has 9 heteroatoms. The summed E-state index contributed by atoms with van der Waals surface area (Å²) in [5.41, 5.74) is 8.81. The number of hydrogen-bond acceptors (Lipinski definition) is 7. The van der Waals surface area contributed by atoms with Crippen molar-refractivity contribution in [2.45, 2.75) is 91.1 Å². The Morgan fingerprint density at radius 2 is 1.58 bits per heavy atom. The van der Waals surface area contributed by atoms with Crippen LogP contribution in [0.3, 0.4) is 0 Å². The van der Waals surface area contributed by atoms with Gasteiger partial charge in [0.2, 0.25) is 0 Å². The molecule has 0 bridgehead atoms. The van der Waals surface area contributed by atoms with E-state index in [0.717, 1.165) is 59.3 Å². The monoisotopic (exact) mass is 739 g/mol. The lowest BCUT2D eigenvalue weighted by Crippen LogP contribution is -2.37. The molecule has 2 atom stereocenters. The van der Waals surface area contributed by atoms with Crippen molar-refractivity contribution in [2.24, 2.45) is 10.4 Å². The lowest BCUT2D eigenvalue weighted by atomic mass is 9.88. The molecule has 0 N–H and O–H groups in total. The Labute approximate surface area is 323 Å². The standard InChI is InChI=1S/C46H49N3O6/c1-28-19-37-38(47-27-34-23-32-12-11-29(21-40(32)49(34)45(37)52)20-35(50)15-16-46(2,3)4)26-41(28)54-17-8-18-55-43-24-30-13-14-33-22-31-9-6-7-10-39(31)48(33)44(51)36(30)25-42(43)53-5/h6-7,9-12,19,21,24-27,33-34H,8,13-18,20,22-23H2,1-5H3/t33-,34+/m1/s1. The highest BCUT2D eigenvalue weighted by Crippen LogP contribution is 2.42. The topological polar surface area (TPSA) is 97.7 Å². The van der Waals surface area contributed by atoms with Gasteiger partial charge < -0.3 is 19.1 Å². The number of anilines is 2. The number of aryl methyl sites for hydroxylation is 2. The van der Waals surface area contributed by atoms with Crippen LogP contribution in [-0.2, 0) is 30.5 Å². The van der Waals surface area contributed by atoms with E-state index in [2.05, 4.69) is 32.9 Å². The Kier molecular flexibility index (Phi) is 9.74. The summed E-state index contributed by atoms with van der Waals surface area (Å²) in [7, 11) is 1.60. The summed E-state index contributed by atoms with van der Waals surface area (Å²) in [5, 5.41) is 0. The maximum absolute atomic E-state index is 14.1. The van der Waals surface area contributed by atoms with Crippen molar-refractivity contribution in [3.05, 3.63) is 106 Å². The number of amides is 2. The first-order valence-corrected chi connectivity index (χ1v) is 19.5. The molecule has 0 aliphatic carbocycles. The lowest BCUT2D eigenvalue weighted by molar-refractivity contribution is -0.118. The Bertz CT molecular complexity index is 2220. The van der Waals surface area contributed by atoms with Crippen LogP contribution in [0.4, 0.5) is 17.1 Å². The molecule has 4 heterocycles. The third-order valence-corrected chi connectivity index (χ3v) is 11.3. The molecule has 4 aromatic carbocycles. The smallest absolute Gasteiger partial charge is 0.261 e. The van der Waals surface area contributed by atoms with Crippen molar-refractivity contribution in [3.63, 3.8) is 0 Å².